The van der Waals surface area contributed by atoms with Gasteiger partial charge in [0.25, 0.3) is 0 Å². The van der Waals surface area contributed by atoms with Crippen LogP contribution in [0.1, 0.15) is 11.1 Å². The Kier molecular flexibility index (Phi) is 5.97. The number of thiophene rings is 1. The molecule has 0 saturated heterocycles. The van der Waals surface area contributed by atoms with E-state index < -0.39 is 0 Å². The lowest BCUT2D eigenvalue weighted by Crippen LogP contribution is -2.00. The molecule has 0 N–H and O–H groups in total. The fourth-order valence-corrected chi connectivity index (χ4v) is 9.22. The summed E-state index contributed by atoms with van der Waals surface area (Å²) in [6.07, 6.45) is 2.25. The monoisotopic (exact) mass is 614 g/mol. The minimum atomic E-state index is 1.12. The van der Waals surface area contributed by atoms with Crippen LogP contribution in [0.5, 0.6) is 0 Å². The van der Waals surface area contributed by atoms with Crippen molar-refractivity contribution in [3.8, 4) is 43.8 Å². The van der Waals surface area contributed by atoms with Crippen molar-refractivity contribution >= 4 is 53.7 Å². The van der Waals surface area contributed by atoms with Crippen molar-refractivity contribution in [3.05, 3.63) is 169 Å². The summed E-state index contributed by atoms with van der Waals surface area (Å²) in [4.78, 5) is 1.46. The summed E-state index contributed by atoms with van der Waals surface area (Å²) in [6, 6.07) is 58.6. The van der Waals surface area contributed by atoms with E-state index in [1.807, 2.05) is 11.3 Å². The van der Waals surface area contributed by atoms with E-state index in [1.165, 1.54) is 97.4 Å². The minimum Gasteiger partial charge on any atom is -0.134 e. The van der Waals surface area contributed by atoms with Gasteiger partial charge in [-0.2, -0.15) is 0 Å². The van der Waals surface area contributed by atoms with E-state index >= 15 is 0 Å². The van der Waals surface area contributed by atoms with Gasteiger partial charge < -0.3 is 0 Å². The molecule has 0 saturated carbocycles. The maximum Gasteiger partial charge on any atom is 0.0430 e. The van der Waals surface area contributed by atoms with E-state index in [2.05, 4.69) is 158 Å². The number of rotatable bonds is 3. The third-order valence-electron chi connectivity index (χ3n) is 10.2. The van der Waals surface area contributed by atoms with Gasteiger partial charge in [-0.1, -0.05) is 152 Å². The second-order valence-corrected chi connectivity index (χ2v) is 13.8. The van der Waals surface area contributed by atoms with Gasteiger partial charge in [0.15, 0.2) is 0 Å². The molecule has 1 aliphatic rings. The number of hydrogen-bond acceptors (Lipinski definition) is 1. The van der Waals surface area contributed by atoms with Crippen LogP contribution >= 0.6 is 11.3 Å². The van der Waals surface area contributed by atoms with E-state index in [0.717, 1.165) is 12.8 Å². The molecule has 10 rings (SSSR count). The first-order chi connectivity index (χ1) is 23.3. The highest BCUT2D eigenvalue weighted by Crippen LogP contribution is 2.47. The first-order valence-electron chi connectivity index (χ1n) is 16.5. The predicted octanol–water partition coefficient (Wildman–Crippen LogP) is 13.1. The van der Waals surface area contributed by atoms with Crippen molar-refractivity contribution in [2.75, 3.05) is 0 Å². The van der Waals surface area contributed by atoms with Crippen LogP contribution in [-0.4, -0.2) is 0 Å². The molecule has 0 atom stereocenters. The second kappa shape index (κ2) is 10.5. The van der Waals surface area contributed by atoms with Crippen molar-refractivity contribution in [1.29, 1.82) is 0 Å². The summed E-state index contributed by atoms with van der Waals surface area (Å²) in [5, 5.41) is 9.21. The molecule has 1 aliphatic carbocycles. The van der Waals surface area contributed by atoms with Crippen LogP contribution in [0.4, 0.5) is 0 Å². The molecule has 1 aromatic heterocycles. The Morgan fingerprint density at radius 1 is 0.362 bits per heavy atom. The molecule has 0 spiro atoms. The van der Waals surface area contributed by atoms with E-state index in [0.29, 0.717) is 0 Å². The molecule has 8 aromatic carbocycles. The molecule has 0 bridgehead atoms. The highest BCUT2D eigenvalue weighted by atomic mass is 32.1. The fourth-order valence-electron chi connectivity index (χ4n) is 7.78. The van der Waals surface area contributed by atoms with Crippen molar-refractivity contribution in [2.45, 2.75) is 12.8 Å². The quantitative estimate of drug-likeness (QED) is 0.174. The summed E-state index contributed by atoms with van der Waals surface area (Å²) in [5.41, 5.74) is 12.0. The lowest BCUT2D eigenvalue weighted by atomic mass is 9.89. The van der Waals surface area contributed by atoms with Gasteiger partial charge in [-0.15, -0.1) is 11.3 Å². The first-order valence-corrected chi connectivity index (χ1v) is 17.3. The number of hydrogen-bond donors (Lipinski definition) is 0. The van der Waals surface area contributed by atoms with Crippen molar-refractivity contribution in [3.63, 3.8) is 0 Å². The summed E-state index contributed by atoms with van der Waals surface area (Å²) < 4.78 is 1.41. The zero-order valence-corrected chi connectivity index (χ0v) is 26.7. The molecule has 0 aliphatic heterocycles. The zero-order chi connectivity index (χ0) is 30.9. The van der Waals surface area contributed by atoms with E-state index in [-0.39, 0.29) is 0 Å². The van der Waals surface area contributed by atoms with E-state index in [4.69, 9.17) is 0 Å². The number of fused-ring (bicyclic) bond motifs is 10. The van der Waals surface area contributed by atoms with Gasteiger partial charge in [-0.25, -0.2) is 0 Å². The van der Waals surface area contributed by atoms with Gasteiger partial charge in [0.05, 0.1) is 0 Å². The predicted molar refractivity (Wildman–Crippen MR) is 203 cm³/mol. The van der Waals surface area contributed by atoms with Gasteiger partial charge in [-0.05, 0) is 107 Å². The molecule has 0 fully saturated rings. The topological polar surface area (TPSA) is 0 Å². The van der Waals surface area contributed by atoms with Gasteiger partial charge in [0.1, 0.15) is 0 Å². The average Bonchev–Trinajstić information content (AvgIpc) is 3.54. The molecule has 0 amide bonds. The summed E-state index contributed by atoms with van der Waals surface area (Å²) in [6.45, 7) is 0. The lowest BCUT2D eigenvalue weighted by Gasteiger charge is -2.15. The minimum absolute atomic E-state index is 1.12. The van der Waals surface area contributed by atoms with Crippen LogP contribution in [-0.2, 0) is 12.8 Å². The maximum absolute atomic E-state index is 2.36. The smallest absolute Gasteiger partial charge is 0.0430 e. The van der Waals surface area contributed by atoms with Crippen LogP contribution in [0.15, 0.2) is 158 Å². The van der Waals surface area contributed by atoms with Crippen LogP contribution in [0, 0.1) is 0 Å². The van der Waals surface area contributed by atoms with Crippen LogP contribution in [0.2, 0.25) is 0 Å². The first kappa shape index (κ1) is 26.7. The molecule has 47 heavy (non-hydrogen) atoms. The van der Waals surface area contributed by atoms with Crippen LogP contribution in [0.25, 0.3) is 86.2 Å². The summed E-state index contributed by atoms with van der Waals surface area (Å²) >= 11 is 1.97. The largest absolute Gasteiger partial charge is 0.134 e. The SMILES string of the molecule is c1ccc2c(c1)CCc1c-2sc2c(-c3ccc(-c4ccc(-c5ccc6ccc7c8ccccc8ccc7c6c5)cc4)cc3)cccc12. The van der Waals surface area contributed by atoms with Crippen molar-refractivity contribution in [1.82, 2.24) is 0 Å². The third kappa shape index (κ3) is 4.28. The Hall–Kier alpha value is -5.50. The highest BCUT2D eigenvalue weighted by Gasteiger charge is 2.22. The normalized spacial score (nSPS) is 12.5. The Labute approximate surface area is 278 Å². The van der Waals surface area contributed by atoms with Crippen LogP contribution in [0.3, 0.4) is 0 Å². The standard InChI is InChI=1S/C46H30S/c1-3-8-37-32(6-1)22-26-41-40(37)25-23-35-20-21-36(28-44(35)41)31-14-12-29(13-15-31)30-16-18-34(19-17-30)39-10-5-11-42-43-27-24-33-7-2-4-9-38(33)46(43)47-45(39)42/h1-23,25-26,28H,24,27H2. The molecular weight excluding hydrogens is 585 g/mol. The molecule has 9 aromatic rings. The molecule has 0 nitrogen and oxygen atoms in total. The fraction of sp³-hybridized carbons (Fsp3) is 0.0435. The van der Waals surface area contributed by atoms with E-state index in [9.17, 15) is 0 Å². The molecule has 220 valence electrons. The van der Waals surface area contributed by atoms with E-state index in [1.54, 1.807) is 0 Å². The maximum atomic E-state index is 2.36. The van der Waals surface area contributed by atoms with Gasteiger partial charge >= 0.3 is 0 Å². The molecule has 0 unspecified atom stereocenters. The summed E-state index contributed by atoms with van der Waals surface area (Å²) in [7, 11) is 0. The molecule has 1 heteroatoms. The Morgan fingerprint density at radius 3 is 1.74 bits per heavy atom. The van der Waals surface area contributed by atoms with Gasteiger partial charge in [0.2, 0.25) is 0 Å². The average molecular weight is 615 g/mol. The molecular formula is C46H30S. The van der Waals surface area contributed by atoms with Gasteiger partial charge in [0, 0.05) is 9.58 Å². The van der Waals surface area contributed by atoms with Crippen molar-refractivity contribution in [2.24, 2.45) is 0 Å². The lowest BCUT2D eigenvalue weighted by molar-refractivity contribution is 0.957. The zero-order valence-electron chi connectivity index (χ0n) is 25.8. The summed E-state index contributed by atoms with van der Waals surface area (Å²) in [5.74, 6) is 0. The third-order valence-corrected chi connectivity index (χ3v) is 11.5. The Bertz CT molecular complexity index is 2650. The van der Waals surface area contributed by atoms with Crippen LogP contribution < -0.4 is 0 Å². The molecule has 1 heterocycles. The number of benzene rings is 8. The van der Waals surface area contributed by atoms with Crippen molar-refractivity contribution < 1.29 is 0 Å². The highest BCUT2D eigenvalue weighted by molar-refractivity contribution is 7.23. The number of aryl methyl sites for hydroxylation is 2. The molecule has 0 radical (unpaired) electrons. The Morgan fingerprint density at radius 2 is 0.936 bits per heavy atom. The Balaban J connectivity index is 0.974. The van der Waals surface area contributed by atoms with Gasteiger partial charge in [-0.3, -0.25) is 0 Å². The second-order valence-electron chi connectivity index (χ2n) is 12.8.